The van der Waals surface area contributed by atoms with E-state index in [1.807, 2.05) is 88.0 Å². The summed E-state index contributed by atoms with van der Waals surface area (Å²) in [7, 11) is 0. The number of amides is 1. The number of carbonyl (C=O) groups is 1. The third kappa shape index (κ3) is 4.30. The number of rotatable bonds is 7. The zero-order valence-electron chi connectivity index (χ0n) is 18.6. The summed E-state index contributed by atoms with van der Waals surface area (Å²) >= 11 is 0. The number of hydrogen-bond donors (Lipinski definition) is 0. The molecule has 0 fully saturated rings. The van der Waals surface area contributed by atoms with Gasteiger partial charge in [-0.25, -0.2) is 4.98 Å². The Labute approximate surface area is 178 Å². The predicted octanol–water partition coefficient (Wildman–Crippen LogP) is 5.04. The van der Waals surface area contributed by atoms with Crippen molar-refractivity contribution in [3.63, 3.8) is 0 Å². The van der Waals surface area contributed by atoms with Crippen LogP contribution in [0.1, 0.15) is 58.0 Å². The van der Waals surface area contributed by atoms with Crippen molar-refractivity contribution in [3.8, 4) is 5.69 Å². The summed E-state index contributed by atoms with van der Waals surface area (Å²) < 4.78 is 1.69. The van der Waals surface area contributed by atoms with Gasteiger partial charge >= 0.3 is 0 Å². The molecule has 1 heterocycles. The van der Waals surface area contributed by atoms with Crippen LogP contribution in [0.4, 0.5) is 0 Å². The summed E-state index contributed by atoms with van der Waals surface area (Å²) in [4.78, 5) is 33.4. The van der Waals surface area contributed by atoms with Gasteiger partial charge < -0.3 is 4.90 Å². The predicted molar refractivity (Wildman–Crippen MR) is 122 cm³/mol. The monoisotopic (exact) mass is 405 g/mol. The Balaban J connectivity index is 2.28. The topological polar surface area (TPSA) is 55.2 Å². The van der Waals surface area contributed by atoms with Crippen molar-refractivity contribution in [3.05, 3.63) is 70.3 Å². The number of hydrogen-bond acceptors (Lipinski definition) is 3. The first kappa shape index (κ1) is 21.8. The van der Waals surface area contributed by atoms with Crippen LogP contribution in [0.5, 0.6) is 0 Å². The van der Waals surface area contributed by atoms with E-state index < -0.39 is 0 Å². The molecule has 0 aliphatic carbocycles. The Morgan fingerprint density at radius 2 is 1.83 bits per heavy atom. The first-order valence-corrected chi connectivity index (χ1v) is 10.8. The number of carbonyl (C=O) groups excluding carboxylic acids is 1. The smallest absolute Gasteiger partial charge is 0.266 e. The fourth-order valence-electron chi connectivity index (χ4n) is 3.97. The summed E-state index contributed by atoms with van der Waals surface area (Å²) in [5.41, 5.74) is 2.40. The van der Waals surface area contributed by atoms with E-state index in [2.05, 4.69) is 0 Å². The molecule has 0 aliphatic heterocycles. The van der Waals surface area contributed by atoms with Crippen molar-refractivity contribution >= 4 is 16.8 Å². The molecule has 1 atom stereocenters. The molecule has 0 aliphatic rings. The van der Waals surface area contributed by atoms with Crippen LogP contribution >= 0.6 is 0 Å². The summed E-state index contributed by atoms with van der Waals surface area (Å²) in [5, 5.41) is 0.578. The minimum absolute atomic E-state index is 0.0950. The van der Waals surface area contributed by atoms with Gasteiger partial charge in [0.1, 0.15) is 5.82 Å². The van der Waals surface area contributed by atoms with E-state index in [1.165, 1.54) is 0 Å². The molecule has 1 aromatic heterocycles. The molecule has 3 aromatic rings. The molecule has 158 valence electrons. The van der Waals surface area contributed by atoms with E-state index >= 15 is 0 Å². The van der Waals surface area contributed by atoms with Crippen LogP contribution in [0.3, 0.4) is 0 Å². The molecule has 0 N–H and O–H groups in total. The van der Waals surface area contributed by atoms with Gasteiger partial charge in [-0.05, 0) is 56.0 Å². The first-order valence-electron chi connectivity index (χ1n) is 10.8. The van der Waals surface area contributed by atoms with Crippen LogP contribution in [0.15, 0.2) is 53.3 Å². The molecule has 0 bridgehead atoms. The van der Waals surface area contributed by atoms with Crippen LogP contribution in [-0.4, -0.2) is 26.9 Å². The molecule has 0 saturated heterocycles. The van der Waals surface area contributed by atoms with Gasteiger partial charge in [0.2, 0.25) is 5.91 Å². The highest BCUT2D eigenvalue weighted by Gasteiger charge is 2.28. The van der Waals surface area contributed by atoms with Gasteiger partial charge in [-0.15, -0.1) is 0 Å². The molecular weight excluding hydrogens is 374 g/mol. The van der Waals surface area contributed by atoms with E-state index in [1.54, 1.807) is 4.57 Å². The van der Waals surface area contributed by atoms with Crippen LogP contribution in [0, 0.1) is 12.8 Å². The number of nitrogens with zero attached hydrogens (tertiary/aromatic N) is 3. The lowest BCUT2D eigenvalue weighted by molar-refractivity contribution is -0.134. The Morgan fingerprint density at radius 3 is 2.47 bits per heavy atom. The van der Waals surface area contributed by atoms with E-state index in [0.29, 0.717) is 36.1 Å². The zero-order chi connectivity index (χ0) is 21.8. The Kier molecular flexibility index (Phi) is 6.70. The fourth-order valence-corrected chi connectivity index (χ4v) is 3.97. The lowest BCUT2D eigenvalue weighted by Gasteiger charge is -2.32. The molecule has 30 heavy (non-hydrogen) atoms. The molecule has 0 radical (unpaired) electrons. The maximum absolute atomic E-state index is 13.6. The number of aromatic nitrogens is 2. The summed E-state index contributed by atoms with van der Waals surface area (Å²) in [6, 6.07) is 15.0. The lowest BCUT2D eigenvalue weighted by atomic mass is 10.1. The molecular formula is C25H31N3O2. The molecule has 0 spiro atoms. The van der Waals surface area contributed by atoms with Crippen molar-refractivity contribution in [1.29, 1.82) is 0 Å². The van der Waals surface area contributed by atoms with Crippen molar-refractivity contribution in [2.24, 2.45) is 5.92 Å². The van der Waals surface area contributed by atoms with Crippen LogP contribution < -0.4 is 5.56 Å². The van der Waals surface area contributed by atoms with E-state index in [0.717, 1.165) is 11.3 Å². The van der Waals surface area contributed by atoms with Crippen molar-refractivity contribution in [2.75, 3.05) is 6.54 Å². The van der Waals surface area contributed by atoms with Crippen LogP contribution in [-0.2, 0) is 4.79 Å². The van der Waals surface area contributed by atoms with Gasteiger partial charge in [-0.3, -0.25) is 14.2 Å². The van der Waals surface area contributed by atoms with E-state index in [9.17, 15) is 9.59 Å². The zero-order valence-corrected chi connectivity index (χ0v) is 18.6. The molecule has 1 amide bonds. The first-order chi connectivity index (χ1) is 14.4. The Hall–Kier alpha value is -2.95. The van der Waals surface area contributed by atoms with Crippen molar-refractivity contribution in [1.82, 2.24) is 14.5 Å². The Morgan fingerprint density at radius 1 is 1.10 bits per heavy atom. The Bertz CT molecular complexity index is 1100. The maximum Gasteiger partial charge on any atom is 0.266 e. The van der Waals surface area contributed by atoms with Crippen molar-refractivity contribution in [2.45, 2.75) is 53.5 Å². The van der Waals surface area contributed by atoms with Gasteiger partial charge in [-0.2, -0.15) is 0 Å². The summed E-state index contributed by atoms with van der Waals surface area (Å²) in [6.07, 6.45) is 1.15. The molecule has 5 nitrogen and oxygen atoms in total. The molecule has 0 saturated carbocycles. The van der Waals surface area contributed by atoms with Crippen LogP contribution in [0.25, 0.3) is 16.6 Å². The van der Waals surface area contributed by atoms with Gasteiger partial charge in [0.25, 0.3) is 5.56 Å². The van der Waals surface area contributed by atoms with Crippen LogP contribution in [0.2, 0.25) is 0 Å². The van der Waals surface area contributed by atoms with E-state index in [-0.39, 0.29) is 23.4 Å². The molecule has 2 aromatic carbocycles. The van der Waals surface area contributed by atoms with Gasteiger partial charge in [0.15, 0.2) is 0 Å². The highest BCUT2D eigenvalue weighted by Crippen LogP contribution is 2.27. The van der Waals surface area contributed by atoms with Gasteiger partial charge in [0, 0.05) is 13.0 Å². The third-order valence-corrected chi connectivity index (χ3v) is 5.37. The average Bonchev–Trinajstić information content (AvgIpc) is 2.71. The number of benzene rings is 2. The van der Waals surface area contributed by atoms with Crippen molar-refractivity contribution < 1.29 is 4.79 Å². The normalized spacial score (nSPS) is 12.3. The highest BCUT2D eigenvalue weighted by molar-refractivity contribution is 5.79. The van der Waals surface area contributed by atoms with E-state index in [4.69, 9.17) is 4.98 Å². The molecule has 5 heteroatoms. The number of aryl methyl sites for hydroxylation is 1. The maximum atomic E-state index is 13.6. The lowest BCUT2D eigenvalue weighted by Crippen LogP contribution is -2.38. The second-order valence-corrected chi connectivity index (χ2v) is 8.17. The molecule has 1 unspecified atom stereocenters. The standard InChI is InChI=1S/C25H31N3O2/c1-6-22(27(7-2)23(29)15-17(3)4)24-26-21-14-9-8-13-20(21)25(30)28(24)19-12-10-11-18(5)16-19/h8-14,16-17,22H,6-7,15H2,1-5H3. The second-order valence-electron chi connectivity index (χ2n) is 8.17. The summed E-state index contributed by atoms with van der Waals surface area (Å²) in [5.74, 6) is 0.982. The highest BCUT2D eigenvalue weighted by atomic mass is 16.2. The minimum Gasteiger partial charge on any atom is -0.333 e. The average molecular weight is 406 g/mol. The SMILES string of the molecule is CCC(c1nc2ccccc2c(=O)n1-c1cccc(C)c1)N(CC)C(=O)CC(C)C. The number of para-hydroxylation sites is 1. The largest absolute Gasteiger partial charge is 0.333 e. The van der Waals surface area contributed by atoms with Gasteiger partial charge in [0.05, 0.1) is 22.6 Å². The van der Waals surface area contributed by atoms with Gasteiger partial charge in [-0.1, -0.05) is 45.0 Å². The number of fused-ring (bicyclic) bond motifs is 1. The minimum atomic E-state index is -0.279. The second kappa shape index (κ2) is 9.24. The fraction of sp³-hybridized carbons (Fsp3) is 0.400. The summed E-state index contributed by atoms with van der Waals surface area (Å²) in [6.45, 7) is 10.7. The third-order valence-electron chi connectivity index (χ3n) is 5.37. The quantitative estimate of drug-likeness (QED) is 0.553. The molecule has 3 rings (SSSR count).